The Kier molecular flexibility index (Phi) is 4.69. The van der Waals surface area contributed by atoms with Crippen molar-refractivity contribution in [2.24, 2.45) is 0 Å². The first-order valence-corrected chi connectivity index (χ1v) is 7.77. The van der Waals surface area contributed by atoms with E-state index in [1.54, 1.807) is 35.3 Å². The molecule has 2 aromatic heterocycles. The van der Waals surface area contributed by atoms with Crippen molar-refractivity contribution >= 4 is 11.7 Å². The van der Waals surface area contributed by atoms with E-state index in [4.69, 9.17) is 5.73 Å². The molecule has 0 fully saturated rings. The summed E-state index contributed by atoms with van der Waals surface area (Å²) in [7, 11) is 0. The number of aromatic nitrogens is 4. The second kappa shape index (κ2) is 7.08. The highest BCUT2D eigenvalue weighted by Gasteiger charge is 2.18. The standard InChI is InChI=1S/C17H17FN6O/c1-2-13-16(24-9-3-8-21-24)23-15(19)14(22-13)17(25)20-10-11-4-6-12(18)7-5-11/h3-9H,2,10H2,1H3,(H2,19,23)(H,20,25). The van der Waals surface area contributed by atoms with Crippen molar-refractivity contribution in [1.82, 2.24) is 25.1 Å². The number of aryl methyl sites for hydroxylation is 1. The molecular weight excluding hydrogens is 323 g/mol. The molecule has 3 aromatic rings. The topological polar surface area (TPSA) is 98.7 Å². The van der Waals surface area contributed by atoms with E-state index < -0.39 is 5.91 Å². The van der Waals surface area contributed by atoms with Gasteiger partial charge >= 0.3 is 0 Å². The second-order valence-corrected chi connectivity index (χ2v) is 5.34. The minimum Gasteiger partial charge on any atom is -0.382 e. The van der Waals surface area contributed by atoms with E-state index in [1.165, 1.54) is 12.1 Å². The summed E-state index contributed by atoms with van der Waals surface area (Å²) in [6.07, 6.45) is 3.93. The van der Waals surface area contributed by atoms with Crippen LogP contribution in [0.3, 0.4) is 0 Å². The van der Waals surface area contributed by atoms with Gasteiger partial charge in [0.05, 0.1) is 5.69 Å². The van der Waals surface area contributed by atoms with Crippen LogP contribution in [-0.4, -0.2) is 25.7 Å². The third-order valence-electron chi connectivity index (χ3n) is 3.61. The number of halogens is 1. The van der Waals surface area contributed by atoms with Gasteiger partial charge in [0.1, 0.15) is 5.82 Å². The summed E-state index contributed by atoms with van der Waals surface area (Å²) in [5.74, 6) is -0.234. The average molecular weight is 340 g/mol. The molecule has 0 saturated heterocycles. The van der Waals surface area contributed by atoms with Crippen molar-refractivity contribution in [2.45, 2.75) is 19.9 Å². The Labute approximate surface area is 143 Å². The Morgan fingerprint density at radius 1 is 1.28 bits per heavy atom. The van der Waals surface area contributed by atoms with Gasteiger partial charge in [-0.25, -0.2) is 19.0 Å². The zero-order valence-corrected chi connectivity index (χ0v) is 13.6. The third kappa shape index (κ3) is 3.63. The molecule has 25 heavy (non-hydrogen) atoms. The highest BCUT2D eigenvalue weighted by molar-refractivity contribution is 5.96. The molecule has 0 aliphatic carbocycles. The monoisotopic (exact) mass is 340 g/mol. The number of hydrogen-bond donors (Lipinski definition) is 2. The minimum atomic E-state index is -0.434. The predicted octanol–water partition coefficient (Wildman–Crippen LogP) is 1.88. The van der Waals surface area contributed by atoms with Crippen molar-refractivity contribution in [3.05, 3.63) is 65.5 Å². The van der Waals surface area contributed by atoms with Crippen LogP contribution in [0, 0.1) is 5.82 Å². The van der Waals surface area contributed by atoms with Crippen LogP contribution < -0.4 is 11.1 Å². The Morgan fingerprint density at radius 2 is 2.04 bits per heavy atom. The quantitative estimate of drug-likeness (QED) is 0.739. The van der Waals surface area contributed by atoms with Gasteiger partial charge in [-0.1, -0.05) is 19.1 Å². The van der Waals surface area contributed by atoms with Gasteiger partial charge < -0.3 is 11.1 Å². The maximum absolute atomic E-state index is 12.9. The molecule has 0 unspecified atom stereocenters. The van der Waals surface area contributed by atoms with Gasteiger partial charge in [-0.05, 0) is 30.2 Å². The van der Waals surface area contributed by atoms with Gasteiger partial charge in [-0.2, -0.15) is 5.10 Å². The fourth-order valence-corrected chi connectivity index (χ4v) is 2.32. The summed E-state index contributed by atoms with van der Waals surface area (Å²) in [4.78, 5) is 21.0. The van der Waals surface area contributed by atoms with Crippen LogP contribution in [0.4, 0.5) is 10.2 Å². The van der Waals surface area contributed by atoms with E-state index in [2.05, 4.69) is 20.4 Å². The summed E-state index contributed by atoms with van der Waals surface area (Å²) >= 11 is 0. The van der Waals surface area contributed by atoms with Crippen LogP contribution in [0.15, 0.2) is 42.7 Å². The first-order valence-electron chi connectivity index (χ1n) is 7.77. The molecule has 7 nitrogen and oxygen atoms in total. The molecule has 0 aliphatic heterocycles. The van der Waals surface area contributed by atoms with Crippen LogP contribution in [0.5, 0.6) is 0 Å². The summed E-state index contributed by atoms with van der Waals surface area (Å²) in [5.41, 5.74) is 7.36. The van der Waals surface area contributed by atoms with Gasteiger partial charge in [0.15, 0.2) is 17.3 Å². The minimum absolute atomic E-state index is 0.0271. The van der Waals surface area contributed by atoms with Gasteiger partial charge in [-0.3, -0.25) is 4.79 Å². The Morgan fingerprint density at radius 3 is 2.68 bits per heavy atom. The third-order valence-corrected chi connectivity index (χ3v) is 3.61. The SMILES string of the molecule is CCc1nc(C(=O)NCc2ccc(F)cc2)c(N)nc1-n1cccn1. The van der Waals surface area contributed by atoms with Crippen LogP contribution >= 0.6 is 0 Å². The van der Waals surface area contributed by atoms with Gasteiger partial charge in [0.25, 0.3) is 5.91 Å². The Balaban J connectivity index is 1.81. The van der Waals surface area contributed by atoms with Crippen molar-refractivity contribution in [1.29, 1.82) is 0 Å². The maximum atomic E-state index is 12.9. The number of anilines is 1. The lowest BCUT2D eigenvalue weighted by molar-refractivity contribution is 0.0946. The number of hydrogen-bond acceptors (Lipinski definition) is 5. The van der Waals surface area contributed by atoms with Gasteiger partial charge in [0, 0.05) is 18.9 Å². The first kappa shape index (κ1) is 16.6. The Bertz CT molecular complexity index is 877. The summed E-state index contributed by atoms with van der Waals surface area (Å²) < 4.78 is 14.5. The fourth-order valence-electron chi connectivity index (χ4n) is 2.32. The lowest BCUT2D eigenvalue weighted by Crippen LogP contribution is -2.26. The smallest absolute Gasteiger partial charge is 0.274 e. The van der Waals surface area contributed by atoms with Gasteiger partial charge in [-0.15, -0.1) is 0 Å². The number of nitrogens with zero attached hydrogens (tertiary/aromatic N) is 4. The molecule has 8 heteroatoms. The molecule has 2 heterocycles. The lowest BCUT2D eigenvalue weighted by atomic mass is 10.2. The molecule has 0 radical (unpaired) electrons. The number of nitrogens with one attached hydrogen (secondary N) is 1. The van der Waals surface area contributed by atoms with Crippen LogP contribution in [0.2, 0.25) is 0 Å². The molecule has 0 saturated carbocycles. The number of rotatable bonds is 5. The van der Waals surface area contributed by atoms with Crippen LogP contribution in [-0.2, 0) is 13.0 Å². The molecule has 0 bridgehead atoms. The van der Waals surface area contributed by atoms with E-state index in [1.807, 2.05) is 6.92 Å². The Hall–Kier alpha value is -3.29. The number of carbonyl (C=O) groups excluding carboxylic acids is 1. The summed E-state index contributed by atoms with van der Waals surface area (Å²) in [5, 5.41) is 6.84. The van der Waals surface area contributed by atoms with E-state index in [9.17, 15) is 9.18 Å². The lowest BCUT2D eigenvalue weighted by Gasteiger charge is -2.11. The summed E-state index contributed by atoms with van der Waals surface area (Å²) in [6, 6.07) is 7.64. The molecule has 128 valence electrons. The summed E-state index contributed by atoms with van der Waals surface area (Å²) in [6.45, 7) is 2.15. The van der Waals surface area contributed by atoms with Gasteiger partial charge in [0.2, 0.25) is 0 Å². The molecule has 0 spiro atoms. The predicted molar refractivity (Wildman–Crippen MR) is 90.5 cm³/mol. The number of nitrogens with two attached hydrogens (primary N) is 1. The normalized spacial score (nSPS) is 10.6. The number of nitrogen functional groups attached to an aromatic ring is 1. The first-order chi connectivity index (χ1) is 12.1. The zero-order valence-electron chi connectivity index (χ0n) is 13.6. The highest BCUT2D eigenvalue weighted by atomic mass is 19.1. The number of carbonyl (C=O) groups is 1. The largest absolute Gasteiger partial charge is 0.382 e. The fraction of sp³-hybridized carbons (Fsp3) is 0.176. The van der Waals surface area contributed by atoms with E-state index >= 15 is 0 Å². The average Bonchev–Trinajstić information content (AvgIpc) is 3.15. The molecule has 3 N–H and O–H groups in total. The van der Waals surface area contributed by atoms with Crippen LogP contribution in [0.1, 0.15) is 28.7 Å². The number of amides is 1. The van der Waals surface area contributed by atoms with Crippen molar-refractivity contribution in [3.63, 3.8) is 0 Å². The second-order valence-electron chi connectivity index (χ2n) is 5.34. The van der Waals surface area contributed by atoms with E-state index in [0.717, 1.165) is 5.56 Å². The highest BCUT2D eigenvalue weighted by Crippen LogP contribution is 2.15. The van der Waals surface area contributed by atoms with Crippen molar-refractivity contribution < 1.29 is 9.18 Å². The van der Waals surface area contributed by atoms with Crippen molar-refractivity contribution in [2.75, 3.05) is 5.73 Å². The zero-order chi connectivity index (χ0) is 17.8. The van der Waals surface area contributed by atoms with E-state index in [0.29, 0.717) is 17.9 Å². The molecule has 0 aliphatic rings. The molecule has 0 atom stereocenters. The molecular formula is C17H17FN6O. The molecule has 3 rings (SSSR count). The van der Waals surface area contributed by atoms with Crippen LogP contribution in [0.25, 0.3) is 5.82 Å². The molecule has 1 amide bonds. The van der Waals surface area contributed by atoms with E-state index in [-0.39, 0.29) is 23.9 Å². The van der Waals surface area contributed by atoms with Crippen molar-refractivity contribution in [3.8, 4) is 5.82 Å². The number of benzene rings is 1. The maximum Gasteiger partial charge on any atom is 0.274 e. The molecule has 1 aromatic carbocycles.